The lowest BCUT2D eigenvalue weighted by Gasteiger charge is -2.39. The standard InChI is InChI=1S/C16H18ClF2N5O/c1-16(2,19)10-8-24(6-5-20-10)14-12(17)15(25)23-13(22-14)9-3-4-21-11(18)7-9/h3-4,7,10,20H,5-6,8H2,1-2H3,(H,22,23,25)/t10-/m0/s1. The van der Waals surface area contributed by atoms with Crippen molar-refractivity contribution in [1.82, 2.24) is 20.3 Å². The molecule has 9 heteroatoms. The molecule has 25 heavy (non-hydrogen) atoms. The largest absolute Gasteiger partial charge is 0.352 e. The van der Waals surface area contributed by atoms with E-state index in [4.69, 9.17) is 11.6 Å². The summed E-state index contributed by atoms with van der Waals surface area (Å²) in [5.41, 5.74) is -1.60. The number of hydrogen-bond donors (Lipinski definition) is 2. The fourth-order valence-electron chi connectivity index (χ4n) is 2.75. The highest BCUT2D eigenvalue weighted by atomic mass is 35.5. The summed E-state index contributed by atoms with van der Waals surface area (Å²) in [7, 11) is 0. The third-order valence-electron chi connectivity index (χ3n) is 4.15. The SMILES string of the molecule is CC(C)(F)[C@@H]1CN(c2nc(-c3ccnc(F)c3)[nH]c(=O)c2Cl)CCN1. The molecule has 2 aromatic rings. The average molecular weight is 370 g/mol. The van der Waals surface area contributed by atoms with Crippen molar-refractivity contribution in [3.05, 3.63) is 39.7 Å². The van der Waals surface area contributed by atoms with Gasteiger partial charge in [0.05, 0.1) is 6.04 Å². The minimum atomic E-state index is -1.44. The topological polar surface area (TPSA) is 73.9 Å². The van der Waals surface area contributed by atoms with Crippen molar-refractivity contribution < 1.29 is 8.78 Å². The van der Waals surface area contributed by atoms with Crippen LogP contribution in [-0.2, 0) is 0 Å². The molecular weight excluding hydrogens is 352 g/mol. The number of nitrogens with zero attached hydrogens (tertiary/aromatic N) is 3. The van der Waals surface area contributed by atoms with Crippen LogP contribution in [0.3, 0.4) is 0 Å². The molecule has 6 nitrogen and oxygen atoms in total. The van der Waals surface area contributed by atoms with Gasteiger partial charge in [0, 0.05) is 37.5 Å². The van der Waals surface area contributed by atoms with Gasteiger partial charge in [-0.3, -0.25) is 4.79 Å². The molecule has 0 unspecified atom stereocenters. The van der Waals surface area contributed by atoms with Crippen molar-refractivity contribution in [2.45, 2.75) is 25.6 Å². The Hall–Kier alpha value is -2.06. The van der Waals surface area contributed by atoms with Crippen LogP contribution in [0.5, 0.6) is 0 Å². The van der Waals surface area contributed by atoms with Gasteiger partial charge in [-0.05, 0) is 19.9 Å². The molecule has 1 aliphatic heterocycles. The second-order valence-corrected chi connectivity index (χ2v) is 6.81. The first-order valence-electron chi connectivity index (χ1n) is 7.84. The molecule has 1 atom stereocenters. The van der Waals surface area contributed by atoms with Crippen molar-refractivity contribution in [3.63, 3.8) is 0 Å². The minimum absolute atomic E-state index is 0.0735. The van der Waals surface area contributed by atoms with Gasteiger partial charge in [-0.1, -0.05) is 11.6 Å². The third kappa shape index (κ3) is 3.80. The molecule has 0 saturated carbocycles. The van der Waals surface area contributed by atoms with Crippen molar-refractivity contribution in [2.24, 2.45) is 0 Å². The molecule has 2 N–H and O–H groups in total. The summed E-state index contributed by atoms with van der Waals surface area (Å²) in [6.07, 6.45) is 1.28. The van der Waals surface area contributed by atoms with E-state index in [0.29, 0.717) is 25.2 Å². The predicted molar refractivity (Wildman–Crippen MR) is 92.2 cm³/mol. The van der Waals surface area contributed by atoms with Gasteiger partial charge in [-0.25, -0.2) is 14.4 Å². The van der Waals surface area contributed by atoms with Gasteiger partial charge in [0.1, 0.15) is 16.5 Å². The van der Waals surface area contributed by atoms with Gasteiger partial charge in [0.15, 0.2) is 5.82 Å². The number of H-pyrrole nitrogens is 1. The van der Waals surface area contributed by atoms with Crippen LogP contribution >= 0.6 is 11.6 Å². The van der Waals surface area contributed by atoms with E-state index in [1.165, 1.54) is 32.2 Å². The molecule has 0 radical (unpaired) electrons. The summed E-state index contributed by atoms with van der Waals surface area (Å²) < 4.78 is 27.6. The van der Waals surface area contributed by atoms with Crippen molar-refractivity contribution in [3.8, 4) is 11.4 Å². The molecule has 0 bridgehead atoms. The van der Waals surface area contributed by atoms with Crippen LogP contribution in [0.1, 0.15) is 13.8 Å². The summed E-state index contributed by atoms with van der Waals surface area (Å²) in [6.45, 7) is 4.34. The highest BCUT2D eigenvalue weighted by Gasteiger charge is 2.34. The number of hydrogen-bond acceptors (Lipinski definition) is 5. The molecule has 3 heterocycles. The Morgan fingerprint density at radius 3 is 2.88 bits per heavy atom. The molecule has 1 fully saturated rings. The number of anilines is 1. The first-order chi connectivity index (χ1) is 11.8. The number of nitrogens with one attached hydrogen (secondary N) is 2. The van der Waals surface area contributed by atoms with Gasteiger partial charge in [0.25, 0.3) is 5.56 Å². The summed E-state index contributed by atoms with van der Waals surface area (Å²) in [6, 6.07) is 2.27. The second kappa shape index (κ2) is 6.68. The van der Waals surface area contributed by atoms with E-state index in [2.05, 4.69) is 20.3 Å². The Balaban J connectivity index is 2.00. The van der Waals surface area contributed by atoms with E-state index in [-0.39, 0.29) is 16.7 Å². The van der Waals surface area contributed by atoms with Crippen LogP contribution in [0.25, 0.3) is 11.4 Å². The first kappa shape index (κ1) is 17.8. The number of alkyl halides is 1. The van der Waals surface area contributed by atoms with Crippen LogP contribution < -0.4 is 15.8 Å². The quantitative estimate of drug-likeness (QED) is 0.811. The normalized spacial score (nSPS) is 18.4. The van der Waals surface area contributed by atoms with E-state index in [9.17, 15) is 13.6 Å². The summed E-state index contributed by atoms with van der Waals surface area (Å²) in [5.74, 6) is -0.244. The first-order valence-corrected chi connectivity index (χ1v) is 8.22. The van der Waals surface area contributed by atoms with Gasteiger partial charge in [0.2, 0.25) is 5.95 Å². The van der Waals surface area contributed by atoms with Gasteiger partial charge >= 0.3 is 0 Å². The highest BCUT2D eigenvalue weighted by Crippen LogP contribution is 2.26. The molecule has 0 spiro atoms. The third-order valence-corrected chi connectivity index (χ3v) is 4.49. The molecule has 2 aromatic heterocycles. The zero-order valence-electron chi connectivity index (χ0n) is 13.8. The van der Waals surface area contributed by atoms with Crippen molar-refractivity contribution >= 4 is 17.4 Å². The lowest BCUT2D eigenvalue weighted by Crippen LogP contribution is -2.58. The number of pyridine rings is 1. The number of halogens is 3. The van der Waals surface area contributed by atoms with E-state index in [1.807, 2.05) is 0 Å². The highest BCUT2D eigenvalue weighted by molar-refractivity contribution is 6.32. The van der Waals surface area contributed by atoms with Crippen LogP contribution in [0.15, 0.2) is 23.1 Å². The number of aromatic amines is 1. The van der Waals surface area contributed by atoms with E-state index < -0.39 is 23.2 Å². The maximum Gasteiger partial charge on any atom is 0.272 e. The molecule has 0 aromatic carbocycles. The number of aromatic nitrogens is 3. The lowest BCUT2D eigenvalue weighted by atomic mass is 9.98. The Kier molecular flexibility index (Phi) is 4.75. The molecule has 134 valence electrons. The fraction of sp³-hybridized carbons (Fsp3) is 0.438. The van der Waals surface area contributed by atoms with E-state index in [1.54, 1.807) is 4.90 Å². The fourth-order valence-corrected chi connectivity index (χ4v) is 2.95. The van der Waals surface area contributed by atoms with Gasteiger partial charge in [-0.15, -0.1) is 0 Å². The van der Waals surface area contributed by atoms with Gasteiger partial charge < -0.3 is 15.2 Å². The predicted octanol–water partition coefficient (Wildman–Crippen LogP) is 2.15. The molecule has 3 rings (SSSR count). The zero-order chi connectivity index (χ0) is 18.2. The van der Waals surface area contributed by atoms with Crippen LogP contribution in [0, 0.1) is 5.95 Å². The van der Waals surface area contributed by atoms with E-state index >= 15 is 0 Å². The van der Waals surface area contributed by atoms with Crippen LogP contribution in [-0.4, -0.2) is 46.3 Å². The summed E-state index contributed by atoms with van der Waals surface area (Å²) in [5, 5.41) is 3.04. The summed E-state index contributed by atoms with van der Waals surface area (Å²) >= 11 is 6.13. The Labute approximate surface area is 148 Å². The maximum absolute atomic E-state index is 14.3. The summed E-state index contributed by atoms with van der Waals surface area (Å²) in [4.78, 5) is 24.3. The van der Waals surface area contributed by atoms with Crippen molar-refractivity contribution in [2.75, 3.05) is 24.5 Å². The molecule has 1 aliphatic rings. The second-order valence-electron chi connectivity index (χ2n) is 6.44. The Morgan fingerprint density at radius 1 is 1.44 bits per heavy atom. The van der Waals surface area contributed by atoms with Crippen LogP contribution in [0.2, 0.25) is 5.02 Å². The lowest BCUT2D eigenvalue weighted by molar-refractivity contribution is 0.143. The minimum Gasteiger partial charge on any atom is -0.352 e. The van der Waals surface area contributed by atoms with Gasteiger partial charge in [-0.2, -0.15) is 4.39 Å². The zero-order valence-corrected chi connectivity index (χ0v) is 14.6. The molecule has 1 saturated heterocycles. The monoisotopic (exact) mass is 369 g/mol. The molecule has 0 amide bonds. The number of piperazine rings is 1. The molecular formula is C16H18ClF2N5O. The Morgan fingerprint density at radius 2 is 2.20 bits per heavy atom. The molecule has 0 aliphatic carbocycles. The smallest absolute Gasteiger partial charge is 0.272 e. The van der Waals surface area contributed by atoms with Crippen molar-refractivity contribution in [1.29, 1.82) is 0 Å². The Bertz CT molecular complexity index is 836. The van der Waals surface area contributed by atoms with Crippen LogP contribution in [0.4, 0.5) is 14.6 Å². The average Bonchev–Trinajstić information content (AvgIpc) is 2.56. The maximum atomic E-state index is 14.3. The van der Waals surface area contributed by atoms with E-state index in [0.717, 1.165) is 0 Å². The number of rotatable bonds is 3.